The number of hydrogen-bond donors (Lipinski definition) is 1. The van der Waals surface area contributed by atoms with Crippen LogP contribution in [0.2, 0.25) is 5.15 Å². The fourth-order valence-corrected chi connectivity index (χ4v) is 3.44. The van der Waals surface area contributed by atoms with Crippen molar-refractivity contribution in [2.45, 2.75) is 25.7 Å². The van der Waals surface area contributed by atoms with Crippen LogP contribution >= 0.6 is 11.6 Å². The van der Waals surface area contributed by atoms with Gasteiger partial charge in [0.2, 0.25) is 0 Å². The molecule has 0 aliphatic carbocycles. The van der Waals surface area contributed by atoms with Crippen LogP contribution in [0.3, 0.4) is 0 Å². The number of hydrogen-bond acceptors (Lipinski definition) is 4. The van der Waals surface area contributed by atoms with Gasteiger partial charge in [0.25, 0.3) is 5.56 Å². The third-order valence-corrected chi connectivity index (χ3v) is 5.05. The first-order valence-corrected chi connectivity index (χ1v) is 9.30. The normalized spacial score (nSPS) is 14.6. The third kappa shape index (κ3) is 4.33. The largest absolute Gasteiger partial charge is 0.416 e. The summed E-state index contributed by atoms with van der Waals surface area (Å²) in [5.74, 6) is 0.276. The van der Waals surface area contributed by atoms with E-state index >= 15 is 0 Å². The van der Waals surface area contributed by atoms with Gasteiger partial charge < -0.3 is 4.98 Å². The van der Waals surface area contributed by atoms with Gasteiger partial charge in [0.1, 0.15) is 11.0 Å². The minimum absolute atomic E-state index is 0.274. The lowest BCUT2D eigenvalue weighted by molar-refractivity contribution is -0.137. The molecule has 1 aliphatic heterocycles. The number of rotatable bonds is 3. The van der Waals surface area contributed by atoms with Crippen LogP contribution in [-0.2, 0) is 25.7 Å². The van der Waals surface area contributed by atoms with Crippen molar-refractivity contribution >= 4 is 11.6 Å². The zero-order chi connectivity index (χ0) is 20.6. The van der Waals surface area contributed by atoms with Crippen molar-refractivity contribution in [2.75, 3.05) is 6.54 Å². The molecule has 0 unspecified atom stereocenters. The zero-order valence-electron chi connectivity index (χ0n) is 15.1. The molecule has 3 aromatic rings. The zero-order valence-corrected chi connectivity index (χ0v) is 15.9. The minimum Gasteiger partial charge on any atom is -0.306 e. The predicted molar refractivity (Wildman–Crippen MR) is 102 cm³/mol. The molecule has 0 bridgehead atoms. The average molecular weight is 421 g/mol. The van der Waals surface area contributed by atoms with Crippen LogP contribution in [0, 0.1) is 0 Å². The molecule has 0 saturated carbocycles. The van der Waals surface area contributed by atoms with E-state index in [1.165, 1.54) is 12.1 Å². The molecule has 1 N–H and O–H groups in total. The molecule has 1 aliphatic rings. The Morgan fingerprint density at radius 3 is 2.55 bits per heavy atom. The molecule has 9 heteroatoms. The van der Waals surface area contributed by atoms with E-state index < -0.39 is 11.7 Å². The first-order chi connectivity index (χ1) is 13.8. The summed E-state index contributed by atoms with van der Waals surface area (Å²) in [6, 6.07) is 8.21. The number of halogens is 4. The second kappa shape index (κ2) is 7.61. The van der Waals surface area contributed by atoms with E-state index in [4.69, 9.17) is 11.6 Å². The number of aromatic nitrogens is 3. The van der Waals surface area contributed by atoms with Gasteiger partial charge in [0.15, 0.2) is 0 Å². The van der Waals surface area contributed by atoms with Gasteiger partial charge in [-0.25, -0.2) is 9.97 Å². The smallest absolute Gasteiger partial charge is 0.306 e. The topological polar surface area (TPSA) is 61.9 Å². The molecule has 150 valence electrons. The van der Waals surface area contributed by atoms with Crippen molar-refractivity contribution < 1.29 is 13.2 Å². The highest BCUT2D eigenvalue weighted by molar-refractivity contribution is 6.29. The first-order valence-electron chi connectivity index (χ1n) is 8.92. The number of alkyl halides is 3. The molecule has 0 saturated heterocycles. The third-order valence-electron chi connectivity index (χ3n) is 4.83. The number of H-pyrrole nitrogens is 1. The summed E-state index contributed by atoms with van der Waals surface area (Å²) in [6.07, 6.45) is -2.12. The number of benzene rings is 1. The van der Waals surface area contributed by atoms with Crippen LogP contribution in [0.4, 0.5) is 13.2 Å². The molecule has 29 heavy (non-hydrogen) atoms. The highest BCUT2D eigenvalue weighted by Gasteiger charge is 2.30. The van der Waals surface area contributed by atoms with Crippen LogP contribution in [0.25, 0.3) is 11.4 Å². The number of nitrogens with zero attached hydrogens (tertiary/aromatic N) is 3. The second-order valence-electron chi connectivity index (χ2n) is 6.86. The van der Waals surface area contributed by atoms with Gasteiger partial charge >= 0.3 is 6.18 Å². The second-order valence-corrected chi connectivity index (χ2v) is 7.25. The van der Waals surface area contributed by atoms with E-state index in [0.717, 1.165) is 17.7 Å². The van der Waals surface area contributed by atoms with E-state index in [-0.39, 0.29) is 11.4 Å². The maximum atomic E-state index is 12.7. The van der Waals surface area contributed by atoms with Gasteiger partial charge in [-0.15, -0.1) is 0 Å². The molecule has 0 atom stereocenters. The Bertz CT molecular complexity index is 1080. The first kappa shape index (κ1) is 19.6. The quantitative estimate of drug-likeness (QED) is 0.649. The van der Waals surface area contributed by atoms with Gasteiger partial charge in [0.05, 0.1) is 16.8 Å². The maximum absolute atomic E-state index is 12.7. The predicted octanol–water partition coefficient (Wildman–Crippen LogP) is 4.06. The van der Waals surface area contributed by atoms with Crippen LogP contribution < -0.4 is 5.56 Å². The standard InChI is InChI=1S/C20H16ClF3N4O/c21-17-6-1-12(9-25-17)10-28-8-7-16-15(11-28)19(29)27-18(26-16)13-2-4-14(5-3-13)20(22,23)24/h1-6,9H,7-8,10-11H2,(H,26,27,29). The van der Waals surface area contributed by atoms with Crippen molar-refractivity contribution in [3.8, 4) is 11.4 Å². The van der Waals surface area contributed by atoms with E-state index in [9.17, 15) is 18.0 Å². The number of fused-ring (bicyclic) bond motifs is 1. The molecule has 0 spiro atoms. The Morgan fingerprint density at radius 2 is 1.90 bits per heavy atom. The molecule has 2 aromatic heterocycles. The number of pyridine rings is 1. The van der Waals surface area contributed by atoms with Crippen molar-refractivity contribution in [2.24, 2.45) is 0 Å². The molecule has 3 heterocycles. The summed E-state index contributed by atoms with van der Waals surface area (Å²) in [5, 5.41) is 0.425. The van der Waals surface area contributed by atoms with Crippen LogP contribution in [0.5, 0.6) is 0 Å². The summed E-state index contributed by atoms with van der Waals surface area (Å²) in [5.41, 5.74) is 1.66. The summed E-state index contributed by atoms with van der Waals surface area (Å²) in [6.45, 7) is 1.77. The average Bonchev–Trinajstić information content (AvgIpc) is 2.69. The van der Waals surface area contributed by atoms with E-state index in [2.05, 4.69) is 19.9 Å². The van der Waals surface area contributed by atoms with Gasteiger partial charge in [-0.2, -0.15) is 13.2 Å². The van der Waals surface area contributed by atoms with Crippen LogP contribution in [0.1, 0.15) is 22.4 Å². The molecule has 4 rings (SSSR count). The van der Waals surface area contributed by atoms with Crippen molar-refractivity contribution in [3.05, 3.63) is 80.5 Å². The lowest BCUT2D eigenvalue weighted by Gasteiger charge is -2.27. The van der Waals surface area contributed by atoms with E-state index in [1.807, 2.05) is 6.07 Å². The lowest BCUT2D eigenvalue weighted by atomic mass is 10.1. The molecule has 5 nitrogen and oxygen atoms in total. The van der Waals surface area contributed by atoms with E-state index in [1.54, 1.807) is 12.3 Å². The number of nitrogens with one attached hydrogen (secondary N) is 1. The molecule has 0 fully saturated rings. The van der Waals surface area contributed by atoms with Gasteiger partial charge in [-0.3, -0.25) is 9.69 Å². The summed E-state index contributed by atoms with van der Waals surface area (Å²) < 4.78 is 38.2. The molecule has 0 radical (unpaired) electrons. The fraction of sp³-hybridized carbons (Fsp3) is 0.250. The van der Waals surface area contributed by atoms with Crippen molar-refractivity contribution in [1.82, 2.24) is 19.9 Å². The molecular formula is C20H16ClF3N4O. The Balaban J connectivity index is 1.55. The van der Waals surface area contributed by atoms with Gasteiger partial charge in [-0.05, 0) is 23.8 Å². The van der Waals surface area contributed by atoms with Crippen LogP contribution in [-0.4, -0.2) is 26.4 Å². The summed E-state index contributed by atoms with van der Waals surface area (Å²) in [4.78, 5) is 26.0. The van der Waals surface area contributed by atoms with Gasteiger partial charge in [0, 0.05) is 37.8 Å². The SMILES string of the molecule is O=c1[nH]c(-c2ccc(C(F)(F)F)cc2)nc2c1CN(Cc1ccc(Cl)nc1)CC2. The minimum atomic E-state index is -4.40. The summed E-state index contributed by atoms with van der Waals surface area (Å²) in [7, 11) is 0. The molecule has 1 aromatic carbocycles. The Kier molecular flexibility index (Phi) is 5.14. The maximum Gasteiger partial charge on any atom is 0.416 e. The Labute approximate surface area is 169 Å². The van der Waals surface area contributed by atoms with E-state index in [0.29, 0.717) is 48.0 Å². The van der Waals surface area contributed by atoms with Crippen molar-refractivity contribution in [3.63, 3.8) is 0 Å². The highest BCUT2D eigenvalue weighted by atomic mass is 35.5. The lowest BCUT2D eigenvalue weighted by Crippen LogP contribution is -2.35. The number of aromatic amines is 1. The van der Waals surface area contributed by atoms with Gasteiger partial charge in [-0.1, -0.05) is 29.8 Å². The van der Waals surface area contributed by atoms with Crippen LogP contribution in [0.15, 0.2) is 47.4 Å². The molecule has 0 amide bonds. The highest BCUT2D eigenvalue weighted by Crippen LogP contribution is 2.30. The Morgan fingerprint density at radius 1 is 1.14 bits per heavy atom. The fourth-order valence-electron chi connectivity index (χ4n) is 3.33. The monoisotopic (exact) mass is 420 g/mol. The van der Waals surface area contributed by atoms with Crippen molar-refractivity contribution in [1.29, 1.82) is 0 Å². The Hall–Kier alpha value is -2.71. The molecular weight excluding hydrogens is 405 g/mol. The summed E-state index contributed by atoms with van der Waals surface area (Å²) >= 11 is 5.80.